The van der Waals surface area contributed by atoms with Crippen molar-refractivity contribution in [1.29, 1.82) is 0 Å². The Labute approximate surface area is 122 Å². The van der Waals surface area contributed by atoms with Gasteiger partial charge < -0.3 is 10.1 Å². The highest BCUT2D eigenvalue weighted by Crippen LogP contribution is 2.32. The Morgan fingerprint density at radius 2 is 2.00 bits per heavy atom. The lowest BCUT2D eigenvalue weighted by molar-refractivity contribution is 0.0955. The number of carbonyl (C=O) groups is 1. The Kier molecular flexibility index (Phi) is 5.11. The minimum Gasteiger partial charge on any atom is -0.490 e. The summed E-state index contributed by atoms with van der Waals surface area (Å²) in [7, 11) is -2.83. The van der Waals surface area contributed by atoms with Crippen molar-refractivity contribution in [1.82, 2.24) is 5.32 Å². The van der Waals surface area contributed by atoms with Gasteiger partial charge in [0.1, 0.15) is 11.7 Å². The molecule has 116 valence electrons. The molecule has 1 aromatic carbocycles. The lowest BCUT2D eigenvalue weighted by atomic mass is 10.2. The largest absolute Gasteiger partial charge is 0.490 e. The highest BCUT2D eigenvalue weighted by atomic mass is 32.2. The van der Waals surface area contributed by atoms with Crippen molar-refractivity contribution in [2.75, 3.05) is 12.5 Å². The zero-order chi connectivity index (χ0) is 15.4. The molecule has 0 heterocycles. The number of ether oxygens (including phenoxy) is 1. The predicted molar refractivity (Wildman–Crippen MR) is 71.8 cm³/mol. The molecule has 21 heavy (non-hydrogen) atoms. The number of carbonyl (C=O) groups excluding carboxylic acids is 1. The smallest absolute Gasteiger partial charge is 0.255 e. The molecule has 1 aromatic rings. The molecule has 0 aromatic heterocycles. The van der Waals surface area contributed by atoms with Gasteiger partial charge in [-0.3, -0.25) is 4.79 Å². The van der Waals surface area contributed by atoms with Crippen LogP contribution in [0.5, 0.6) is 5.75 Å². The number of hydrogen-bond donors (Lipinski definition) is 2. The summed E-state index contributed by atoms with van der Waals surface area (Å²) < 4.78 is 53.3. The maximum Gasteiger partial charge on any atom is 0.255 e. The number of amides is 1. The summed E-state index contributed by atoms with van der Waals surface area (Å²) in [5.41, 5.74) is -0.557. The summed E-state index contributed by atoms with van der Waals surface area (Å²) in [6.45, 7) is 0.295. The van der Waals surface area contributed by atoms with Crippen molar-refractivity contribution >= 4 is 16.6 Å². The molecule has 0 bridgehead atoms. The lowest BCUT2D eigenvalue weighted by Crippen LogP contribution is -2.26. The van der Waals surface area contributed by atoms with Crippen LogP contribution in [0.1, 0.15) is 29.6 Å². The second-order valence-corrected chi connectivity index (χ2v) is 5.82. The predicted octanol–water partition coefficient (Wildman–Crippen LogP) is 1.44. The molecule has 1 fully saturated rings. The fraction of sp³-hybridized carbons (Fsp3) is 0.462. The minimum atomic E-state index is -2.83. The highest BCUT2D eigenvalue weighted by Gasteiger charge is 2.21. The average molecular weight is 319 g/mol. The van der Waals surface area contributed by atoms with E-state index in [1.54, 1.807) is 0 Å². The normalized spacial score (nSPS) is 14.2. The summed E-state index contributed by atoms with van der Waals surface area (Å²) in [5.74, 6) is -3.08. The van der Waals surface area contributed by atoms with E-state index in [4.69, 9.17) is 4.74 Å². The summed E-state index contributed by atoms with van der Waals surface area (Å²) in [6, 6.07) is 1.50. The molecule has 0 atom stereocenters. The molecule has 0 saturated heterocycles. The molecule has 0 spiro atoms. The van der Waals surface area contributed by atoms with E-state index in [0.29, 0.717) is 18.6 Å². The monoisotopic (exact) mass is 319 g/mol. The first kappa shape index (κ1) is 15.7. The third-order valence-electron chi connectivity index (χ3n) is 3.12. The van der Waals surface area contributed by atoms with Crippen LogP contribution in [0.3, 0.4) is 0 Å². The summed E-state index contributed by atoms with van der Waals surface area (Å²) in [4.78, 5) is 11.5. The van der Waals surface area contributed by atoms with E-state index in [0.717, 1.165) is 25.3 Å². The summed E-state index contributed by atoms with van der Waals surface area (Å²) >= 11 is 0. The highest BCUT2D eigenvalue weighted by molar-refractivity contribution is 7.72. The van der Waals surface area contributed by atoms with E-state index in [1.165, 1.54) is 0 Å². The quantitative estimate of drug-likeness (QED) is 0.746. The van der Waals surface area contributed by atoms with Crippen LogP contribution in [0.2, 0.25) is 0 Å². The zero-order valence-corrected chi connectivity index (χ0v) is 12.0. The van der Waals surface area contributed by atoms with Gasteiger partial charge in [-0.05, 0) is 18.4 Å². The van der Waals surface area contributed by atoms with Gasteiger partial charge in [0.05, 0.1) is 12.2 Å². The van der Waals surface area contributed by atoms with Crippen LogP contribution in [0.4, 0.5) is 8.78 Å². The Bertz CT molecular complexity index is 606. The fourth-order valence-electron chi connectivity index (χ4n) is 1.79. The van der Waals surface area contributed by atoms with E-state index >= 15 is 0 Å². The van der Waals surface area contributed by atoms with Gasteiger partial charge in [0.25, 0.3) is 5.91 Å². The molecule has 1 N–H and O–H groups in total. The van der Waals surface area contributed by atoms with Crippen LogP contribution in [0.25, 0.3) is 0 Å². The first-order valence-electron chi connectivity index (χ1n) is 6.49. The van der Waals surface area contributed by atoms with Crippen molar-refractivity contribution in [3.05, 3.63) is 29.3 Å². The average Bonchev–Trinajstić information content (AvgIpc) is 3.23. The van der Waals surface area contributed by atoms with Gasteiger partial charge in [0.15, 0.2) is 22.3 Å². The van der Waals surface area contributed by atoms with Crippen molar-refractivity contribution in [2.45, 2.75) is 19.3 Å². The van der Waals surface area contributed by atoms with Gasteiger partial charge >= 0.3 is 0 Å². The molecular weight excluding hydrogens is 304 g/mol. The summed E-state index contributed by atoms with van der Waals surface area (Å²) in [6.07, 6.45) is 3.07. The molecule has 8 heteroatoms. The van der Waals surface area contributed by atoms with Gasteiger partial charge in [-0.2, -0.15) is 0 Å². The van der Waals surface area contributed by atoms with Crippen LogP contribution < -0.4 is 10.1 Å². The van der Waals surface area contributed by atoms with Crippen LogP contribution in [0.15, 0.2) is 12.1 Å². The molecular formula is C13H15F2NO4S. The molecule has 5 nitrogen and oxygen atoms in total. The third-order valence-corrected chi connectivity index (χ3v) is 3.53. The third kappa shape index (κ3) is 4.66. The first-order valence-corrected chi connectivity index (χ1v) is 7.85. The molecule has 0 radical (unpaired) electrons. The molecule has 0 unspecified atom stereocenters. The molecule has 1 aliphatic rings. The van der Waals surface area contributed by atoms with Crippen molar-refractivity contribution < 1.29 is 26.7 Å². The van der Waals surface area contributed by atoms with Crippen LogP contribution in [-0.4, -0.2) is 26.8 Å². The second kappa shape index (κ2) is 6.84. The van der Waals surface area contributed by atoms with Crippen molar-refractivity contribution in [3.63, 3.8) is 0 Å². The maximum atomic E-state index is 13.7. The van der Waals surface area contributed by atoms with E-state index in [9.17, 15) is 22.0 Å². The number of rotatable bonds is 7. The van der Waals surface area contributed by atoms with Crippen molar-refractivity contribution in [3.8, 4) is 5.75 Å². The molecule has 1 amide bonds. The Morgan fingerprint density at radius 3 is 2.62 bits per heavy atom. The van der Waals surface area contributed by atoms with E-state index in [1.807, 2.05) is 5.32 Å². The van der Waals surface area contributed by atoms with Gasteiger partial charge in [0, 0.05) is 6.07 Å². The number of thiol groups is 1. The van der Waals surface area contributed by atoms with Gasteiger partial charge in [-0.25, -0.2) is 17.2 Å². The van der Waals surface area contributed by atoms with Crippen molar-refractivity contribution in [2.24, 2.45) is 5.92 Å². The molecule has 2 rings (SSSR count). The SMILES string of the molecule is O=C(NC[SH](=O)=O)c1cc(F)c(OCCC2CC2)cc1F. The zero-order valence-electron chi connectivity index (χ0n) is 11.1. The maximum absolute atomic E-state index is 13.7. The number of benzene rings is 1. The molecule has 1 saturated carbocycles. The number of halogens is 2. The van der Waals surface area contributed by atoms with E-state index in [-0.39, 0.29) is 5.75 Å². The van der Waals surface area contributed by atoms with E-state index < -0.39 is 39.7 Å². The Morgan fingerprint density at radius 1 is 1.29 bits per heavy atom. The van der Waals surface area contributed by atoms with Gasteiger partial charge in [0.2, 0.25) is 0 Å². The molecule has 1 aliphatic carbocycles. The first-order chi connectivity index (χ1) is 9.97. The second-order valence-electron chi connectivity index (χ2n) is 4.84. The topological polar surface area (TPSA) is 72.5 Å². The number of hydrogen-bond acceptors (Lipinski definition) is 4. The lowest BCUT2D eigenvalue weighted by Gasteiger charge is -2.09. The standard InChI is InChI=1S/C13H15F2NO4S/c14-10-6-12(20-4-3-8-1-2-8)11(15)5-9(10)13(17)16-7-21(18)19/h5-6,8,21H,1-4,7H2,(H,16,17). The van der Waals surface area contributed by atoms with Gasteiger partial charge in [-0.15, -0.1) is 0 Å². The number of nitrogens with one attached hydrogen (secondary N) is 1. The van der Waals surface area contributed by atoms with Crippen LogP contribution >= 0.6 is 0 Å². The minimum absolute atomic E-state index is 0.250. The fourth-order valence-corrected chi connectivity index (χ4v) is 2.06. The summed E-state index contributed by atoms with van der Waals surface area (Å²) in [5, 5.41) is 1.97. The molecule has 0 aliphatic heterocycles. The van der Waals surface area contributed by atoms with Crippen LogP contribution in [-0.2, 0) is 10.7 Å². The van der Waals surface area contributed by atoms with E-state index in [2.05, 4.69) is 0 Å². The van der Waals surface area contributed by atoms with Gasteiger partial charge in [-0.1, -0.05) is 12.8 Å². The Hall–Kier alpha value is -1.70. The van der Waals surface area contributed by atoms with Crippen LogP contribution in [0, 0.1) is 17.6 Å². The Balaban J connectivity index is 2.02.